The number of amidine groups is 1. The van der Waals surface area contributed by atoms with Gasteiger partial charge in [-0.05, 0) is 24.8 Å². The van der Waals surface area contributed by atoms with Crippen LogP contribution in [0.25, 0.3) is 0 Å². The van der Waals surface area contributed by atoms with Crippen molar-refractivity contribution in [3.8, 4) is 0 Å². The number of oxime groups is 1. The topological polar surface area (TPSA) is 99.2 Å². The summed E-state index contributed by atoms with van der Waals surface area (Å²) >= 11 is 0. The van der Waals surface area contributed by atoms with E-state index in [-0.39, 0.29) is 30.9 Å². The third-order valence-electron chi connectivity index (χ3n) is 3.93. The van der Waals surface area contributed by atoms with E-state index in [2.05, 4.69) is 5.16 Å². The zero-order valence-corrected chi connectivity index (χ0v) is 11.9. The van der Waals surface area contributed by atoms with Gasteiger partial charge in [-0.2, -0.15) is 0 Å². The minimum absolute atomic E-state index is 0.0973. The van der Waals surface area contributed by atoms with Gasteiger partial charge in [-0.25, -0.2) is 0 Å². The molecule has 1 fully saturated rings. The van der Waals surface area contributed by atoms with Gasteiger partial charge in [-0.1, -0.05) is 35.5 Å². The van der Waals surface area contributed by atoms with Crippen LogP contribution in [0.2, 0.25) is 0 Å². The highest BCUT2D eigenvalue weighted by molar-refractivity contribution is 6.07. The molecular weight excluding hydrogens is 270 g/mol. The number of hydrogen-bond acceptors (Lipinski definition) is 4. The van der Waals surface area contributed by atoms with E-state index < -0.39 is 5.92 Å². The van der Waals surface area contributed by atoms with E-state index in [9.17, 15) is 9.90 Å². The lowest BCUT2D eigenvalue weighted by atomic mass is 9.89. The van der Waals surface area contributed by atoms with Crippen molar-refractivity contribution >= 4 is 11.7 Å². The molecule has 0 radical (unpaired) electrons. The zero-order chi connectivity index (χ0) is 15.2. The first kappa shape index (κ1) is 15.3. The lowest BCUT2D eigenvalue weighted by Crippen LogP contribution is -2.49. The molecule has 4 N–H and O–H groups in total. The third kappa shape index (κ3) is 3.33. The minimum atomic E-state index is -0.816. The Balaban J connectivity index is 2.28. The maximum atomic E-state index is 12.8. The maximum Gasteiger partial charge on any atom is 0.238 e. The second-order valence-electron chi connectivity index (χ2n) is 5.21. The Hall–Kier alpha value is -2.08. The Morgan fingerprint density at radius 1 is 1.38 bits per heavy atom. The fraction of sp³-hybridized carbons (Fsp3) is 0.467. The van der Waals surface area contributed by atoms with E-state index in [1.165, 1.54) is 0 Å². The van der Waals surface area contributed by atoms with E-state index in [0.29, 0.717) is 5.56 Å². The first-order chi connectivity index (χ1) is 10.2. The Morgan fingerprint density at radius 2 is 2.05 bits per heavy atom. The van der Waals surface area contributed by atoms with Crippen LogP contribution in [0.15, 0.2) is 35.5 Å². The standard InChI is InChI=1S/C15H21N3O3/c16-14(17-21)13(11-5-2-1-3-6-11)15(20)18(9-10-19)12-7-4-8-12/h1-3,5-6,12-13,19,21H,4,7-10H2,(H2,16,17). The van der Waals surface area contributed by atoms with E-state index in [4.69, 9.17) is 10.9 Å². The molecule has 0 saturated heterocycles. The molecule has 2 rings (SSSR count). The molecule has 0 aliphatic heterocycles. The van der Waals surface area contributed by atoms with Crippen LogP contribution in [-0.4, -0.2) is 46.1 Å². The molecular formula is C15H21N3O3. The van der Waals surface area contributed by atoms with Gasteiger partial charge in [0.1, 0.15) is 5.92 Å². The molecule has 114 valence electrons. The summed E-state index contributed by atoms with van der Waals surface area (Å²) in [5.74, 6) is -1.17. The molecule has 1 aromatic carbocycles. The molecule has 0 heterocycles. The third-order valence-corrected chi connectivity index (χ3v) is 3.93. The second-order valence-corrected chi connectivity index (χ2v) is 5.21. The van der Waals surface area contributed by atoms with Crippen LogP contribution in [0, 0.1) is 0 Å². The van der Waals surface area contributed by atoms with E-state index in [1.807, 2.05) is 6.07 Å². The summed E-state index contributed by atoms with van der Waals surface area (Å²) in [7, 11) is 0. The van der Waals surface area contributed by atoms with E-state index in [0.717, 1.165) is 19.3 Å². The molecule has 0 aromatic heterocycles. The van der Waals surface area contributed by atoms with E-state index in [1.54, 1.807) is 29.2 Å². The van der Waals surface area contributed by atoms with Crippen molar-refractivity contribution in [1.29, 1.82) is 0 Å². The highest BCUT2D eigenvalue weighted by atomic mass is 16.4. The molecule has 1 amide bonds. The summed E-state index contributed by atoms with van der Waals surface area (Å²) in [5.41, 5.74) is 6.41. The quantitative estimate of drug-likeness (QED) is 0.314. The second kappa shape index (κ2) is 7.08. The number of nitrogens with zero attached hydrogens (tertiary/aromatic N) is 2. The maximum absolute atomic E-state index is 12.8. The summed E-state index contributed by atoms with van der Waals surface area (Å²) in [6.07, 6.45) is 2.95. The highest BCUT2D eigenvalue weighted by Gasteiger charge is 2.35. The summed E-state index contributed by atoms with van der Waals surface area (Å²) in [6, 6.07) is 9.15. The minimum Gasteiger partial charge on any atom is -0.409 e. The van der Waals surface area contributed by atoms with Crippen LogP contribution >= 0.6 is 0 Å². The fourth-order valence-electron chi connectivity index (χ4n) is 2.59. The molecule has 1 unspecified atom stereocenters. The van der Waals surface area contributed by atoms with Crippen LogP contribution < -0.4 is 5.73 Å². The van der Waals surface area contributed by atoms with Gasteiger partial charge in [0.15, 0.2) is 5.84 Å². The summed E-state index contributed by atoms with van der Waals surface area (Å²) in [4.78, 5) is 14.5. The largest absolute Gasteiger partial charge is 0.409 e. The number of nitrogens with two attached hydrogens (primary N) is 1. The molecule has 0 spiro atoms. The molecule has 6 nitrogen and oxygen atoms in total. The predicted octanol–water partition coefficient (Wildman–Crippen LogP) is 0.890. The van der Waals surface area contributed by atoms with Crippen LogP contribution in [0.3, 0.4) is 0 Å². The van der Waals surface area contributed by atoms with Crippen molar-refractivity contribution < 1.29 is 15.1 Å². The van der Waals surface area contributed by atoms with Gasteiger partial charge in [-0.15, -0.1) is 0 Å². The molecule has 1 aliphatic rings. The summed E-state index contributed by atoms with van der Waals surface area (Å²) < 4.78 is 0. The first-order valence-electron chi connectivity index (χ1n) is 7.12. The monoisotopic (exact) mass is 291 g/mol. The Morgan fingerprint density at radius 3 is 2.52 bits per heavy atom. The van der Waals surface area contributed by atoms with E-state index >= 15 is 0 Å². The van der Waals surface area contributed by atoms with Crippen molar-refractivity contribution in [3.05, 3.63) is 35.9 Å². The van der Waals surface area contributed by atoms with Crippen molar-refractivity contribution in [1.82, 2.24) is 4.90 Å². The lowest BCUT2D eigenvalue weighted by molar-refractivity contribution is -0.136. The lowest BCUT2D eigenvalue weighted by Gasteiger charge is -2.39. The molecule has 1 saturated carbocycles. The molecule has 1 atom stereocenters. The molecule has 21 heavy (non-hydrogen) atoms. The molecule has 0 bridgehead atoms. The number of carbonyl (C=O) groups is 1. The summed E-state index contributed by atoms with van der Waals surface area (Å²) in [6.45, 7) is 0.172. The normalized spacial score (nSPS) is 17.1. The average Bonchev–Trinajstić information content (AvgIpc) is 2.46. The molecule has 1 aliphatic carbocycles. The predicted molar refractivity (Wildman–Crippen MR) is 79.0 cm³/mol. The SMILES string of the molecule is N/C(=N/O)C(C(=O)N(CCO)C1CCC1)c1ccccc1. The Kier molecular flexibility index (Phi) is 5.16. The number of hydrogen-bond donors (Lipinski definition) is 3. The van der Waals surface area contributed by atoms with Gasteiger partial charge in [0.25, 0.3) is 0 Å². The van der Waals surface area contributed by atoms with Crippen molar-refractivity contribution in [2.24, 2.45) is 10.9 Å². The van der Waals surface area contributed by atoms with Gasteiger partial charge < -0.3 is 20.9 Å². The van der Waals surface area contributed by atoms with Gasteiger partial charge >= 0.3 is 0 Å². The van der Waals surface area contributed by atoms with Crippen LogP contribution in [0.4, 0.5) is 0 Å². The van der Waals surface area contributed by atoms with Crippen molar-refractivity contribution in [2.75, 3.05) is 13.2 Å². The van der Waals surface area contributed by atoms with Crippen molar-refractivity contribution in [2.45, 2.75) is 31.2 Å². The Labute approximate surface area is 123 Å². The number of rotatable bonds is 6. The zero-order valence-electron chi connectivity index (χ0n) is 11.9. The van der Waals surface area contributed by atoms with Gasteiger partial charge in [0.2, 0.25) is 5.91 Å². The van der Waals surface area contributed by atoms with Crippen molar-refractivity contribution in [3.63, 3.8) is 0 Å². The molecule has 1 aromatic rings. The number of aliphatic hydroxyl groups is 1. The van der Waals surface area contributed by atoms with Gasteiger partial charge in [0.05, 0.1) is 6.61 Å². The smallest absolute Gasteiger partial charge is 0.238 e. The first-order valence-corrected chi connectivity index (χ1v) is 7.12. The number of aliphatic hydroxyl groups excluding tert-OH is 1. The van der Waals surface area contributed by atoms with Crippen LogP contribution in [0.5, 0.6) is 0 Å². The van der Waals surface area contributed by atoms with Gasteiger partial charge in [-0.3, -0.25) is 4.79 Å². The highest BCUT2D eigenvalue weighted by Crippen LogP contribution is 2.28. The number of amides is 1. The van der Waals surface area contributed by atoms with Crippen LogP contribution in [0.1, 0.15) is 30.7 Å². The fourth-order valence-corrected chi connectivity index (χ4v) is 2.59. The molecule has 6 heteroatoms. The van der Waals surface area contributed by atoms with Gasteiger partial charge in [0, 0.05) is 12.6 Å². The summed E-state index contributed by atoms with van der Waals surface area (Å²) in [5, 5.41) is 21.2. The van der Waals surface area contributed by atoms with Crippen LogP contribution in [-0.2, 0) is 4.79 Å². The average molecular weight is 291 g/mol. The number of carbonyl (C=O) groups excluding carboxylic acids is 1. The Bertz CT molecular complexity index is 500. The number of benzene rings is 1.